The first-order valence-electron chi connectivity index (χ1n) is 6.84. The standard InChI is InChI=1S/C15H23NO4/c1-4-12(5-2)16-15(18)10-20-13-7-6-11(9-17)8-14(13)19-3/h6-8,12,17H,4-5,9-10H2,1-3H3,(H,16,18). The Morgan fingerprint density at radius 1 is 1.30 bits per heavy atom. The van der Waals surface area contributed by atoms with Crippen LogP contribution in [0.2, 0.25) is 0 Å². The third kappa shape index (κ3) is 4.74. The first kappa shape index (κ1) is 16.3. The molecule has 0 bridgehead atoms. The van der Waals surface area contributed by atoms with Crippen molar-refractivity contribution in [3.8, 4) is 11.5 Å². The predicted octanol–water partition coefficient (Wildman–Crippen LogP) is 1.87. The Hall–Kier alpha value is -1.75. The van der Waals surface area contributed by atoms with Gasteiger partial charge in [-0.3, -0.25) is 4.79 Å². The highest BCUT2D eigenvalue weighted by atomic mass is 16.5. The van der Waals surface area contributed by atoms with E-state index < -0.39 is 0 Å². The summed E-state index contributed by atoms with van der Waals surface area (Å²) in [5.41, 5.74) is 0.732. The van der Waals surface area contributed by atoms with Gasteiger partial charge in [-0.15, -0.1) is 0 Å². The van der Waals surface area contributed by atoms with Crippen molar-refractivity contribution in [2.24, 2.45) is 0 Å². The van der Waals surface area contributed by atoms with Crippen LogP contribution in [0.25, 0.3) is 0 Å². The summed E-state index contributed by atoms with van der Waals surface area (Å²) in [6, 6.07) is 5.30. The fraction of sp³-hybridized carbons (Fsp3) is 0.533. The van der Waals surface area contributed by atoms with Crippen LogP contribution in [-0.4, -0.2) is 30.8 Å². The van der Waals surface area contributed by atoms with Crippen LogP contribution in [0, 0.1) is 0 Å². The molecule has 20 heavy (non-hydrogen) atoms. The molecule has 112 valence electrons. The highest BCUT2D eigenvalue weighted by Gasteiger charge is 2.11. The van der Waals surface area contributed by atoms with Gasteiger partial charge < -0.3 is 19.9 Å². The van der Waals surface area contributed by atoms with Gasteiger partial charge >= 0.3 is 0 Å². The number of ether oxygens (including phenoxy) is 2. The van der Waals surface area contributed by atoms with E-state index in [0.29, 0.717) is 11.5 Å². The summed E-state index contributed by atoms with van der Waals surface area (Å²) in [5, 5.41) is 12.0. The molecule has 0 atom stereocenters. The number of aliphatic hydroxyl groups is 1. The summed E-state index contributed by atoms with van der Waals surface area (Å²) in [4.78, 5) is 11.8. The molecule has 1 rings (SSSR count). The topological polar surface area (TPSA) is 67.8 Å². The highest BCUT2D eigenvalue weighted by molar-refractivity contribution is 5.77. The molecule has 0 spiro atoms. The first-order valence-corrected chi connectivity index (χ1v) is 6.84. The Kier molecular flexibility index (Phi) is 6.87. The van der Waals surface area contributed by atoms with Gasteiger partial charge in [-0.2, -0.15) is 0 Å². The van der Waals surface area contributed by atoms with E-state index in [4.69, 9.17) is 14.6 Å². The van der Waals surface area contributed by atoms with Crippen LogP contribution in [0.4, 0.5) is 0 Å². The number of amides is 1. The van der Waals surface area contributed by atoms with Crippen LogP contribution in [0.5, 0.6) is 11.5 Å². The molecule has 5 nitrogen and oxygen atoms in total. The van der Waals surface area contributed by atoms with Crippen molar-refractivity contribution in [2.75, 3.05) is 13.7 Å². The summed E-state index contributed by atoms with van der Waals surface area (Å²) in [5.74, 6) is 0.850. The van der Waals surface area contributed by atoms with E-state index in [1.54, 1.807) is 18.2 Å². The molecular formula is C15H23NO4. The number of hydrogen-bond donors (Lipinski definition) is 2. The van der Waals surface area contributed by atoms with Crippen LogP contribution in [-0.2, 0) is 11.4 Å². The zero-order valence-corrected chi connectivity index (χ0v) is 12.3. The van der Waals surface area contributed by atoms with Gasteiger partial charge in [-0.05, 0) is 30.5 Å². The van der Waals surface area contributed by atoms with Crippen molar-refractivity contribution in [2.45, 2.75) is 39.3 Å². The minimum absolute atomic E-state index is 0.0503. The minimum Gasteiger partial charge on any atom is -0.493 e. The average molecular weight is 281 g/mol. The van der Waals surface area contributed by atoms with E-state index in [0.717, 1.165) is 18.4 Å². The van der Waals surface area contributed by atoms with Gasteiger partial charge in [0.05, 0.1) is 13.7 Å². The number of carbonyl (C=O) groups excluding carboxylic acids is 1. The fourth-order valence-electron chi connectivity index (χ4n) is 1.84. The largest absolute Gasteiger partial charge is 0.493 e. The van der Waals surface area contributed by atoms with Gasteiger partial charge in [0.15, 0.2) is 18.1 Å². The van der Waals surface area contributed by atoms with Crippen molar-refractivity contribution in [3.05, 3.63) is 23.8 Å². The third-order valence-electron chi connectivity index (χ3n) is 3.12. The number of hydrogen-bond acceptors (Lipinski definition) is 4. The van der Waals surface area contributed by atoms with E-state index in [9.17, 15) is 4.79 Å². The molecular weight excluding hydrogens is 258 g/mol. The molecule has 0 aliphatic carbocycles. The van der Waals surface area contributed by atoms with Crippen molar-refractivity contribution in [1.82, 2.24) is 5.32 Å². The Balaban J connectivity index is 2.58. The van der Waals surface area contributed by atoms with Crippen LogP contribution in [0.1, 0.15) is 32.3 Å². The van der Waals surface area contributed by atoms with Crippen molar-refractivity contribution >= 4 is 5.91 Å². The van der Waals surface area contributed by atoms with Crippen LogP contribution >= 0.6 is 0 Å². The molecule has 0 fully saturated rings. The Morgan fingerprint density at radius 2 is 2.00 bits per heavy atom. The minimum atomic E-state index is -0.146. The molecule has 1 amide bonds. The van der Waals surface area contributed by atoms with E-state index >= 15 is 0 Å². The summed E-state index contributed by atoms with van der Waals surface area (Å²) >= 11 is 0. The molecule has 0 aromatic heterocycles. The fourth-order valence-corrected chi connectivity index (χ4v) is 1.84. The molecule has 2 N–H and O–H groups in total. The molecule has 0 unspecified atom stereocenters. The SMILES string of the molecule is CCC(CC)NC(=O)COc1ccc(CO)cc1OC. The van der Waals surface area contributed by atoms with Crippen molar-refractivity contribution < 1.29 is 19.4 Å². The number of methoxy groups -OCH3 is 1. The van der Waals surface area contributed by atoms with Crippen molar-refractivity contribution in [1.29, 1.82) is 0 Å². The van der Waals surface area contributed by atoms with Crippen LogP contribution < -0.4 is 14.8 Å². The van der Waals surface area contributed by atoms with E-state index in [1.807, 2.05) is 13.8 Å². The van der Waals surface area contributed by atoms with Gasteiger partial charge in [0.25, 0.3) is 5.91 Å². The van der Waals surface area contributed by atoms with Crippen LogP contribution in [0.15, 0.2) is 18.2 Å². The van der Waals surface area contributed by atoms with Crippen LogP contribution in [0.3, 0.4) is 0 Å². The van der Waals surface area contributed by atoms with E-state index in [2.05, 4.69) is 5.32 Å². The maximum atomic E-state index is 11.8. The monoisotopic (exact) mass is 281 g/mol. The summed E-state index contributed by atoms with van der Waals surface area (Å²) in [6.07, 6.45) is 1.80. The quantitative estimate of drug-likeness (QED) is 0.763. The zero-order chi connectivity index (χ0) is 15.0. The zero-order valence-electron chi connectivity index (χ0n) is 12.3. The first-order chi connectivity index (χ1) is 9.64. The molecule has 0 aliphatic heterocycles. The lowest BCUT2D eigenvalue weighted by atomic mass is 10.2. The van der Waals surface area contributed by atoms with E-state index in [-0.39, 0.29) is 25.2 Å². The number of nitrogens with one attached hydrogen (secondary N) is 1. The lowest BCUT2D eigenvalue weighted by Crippen LogP contribution is -2.37. The smallest absolute Gasteiger partial charge is 0.258 e. The lowest BCUT2D eigenvalue weighted by Gasteiger charge is -2.16. The average Bonchev–Trinajstić information content (AvgIpc) is 2.50. The summed E-state index contributed by atoms with van der Waals surface area (Å²) in [6.45, 7) is 3.95. The molecule has 0 saturated heterocycles. The Labute approximate surface area is 119 Å². The Bertz CT molecular complexity index is 430. The number of aliphatic hydroxyl groups excluding tert-OH is 1. The summed E-state index contributed by atoms with van der Waals surface area (Å²) in [7, 11) is 1.52. The molecule has 1 aromatic carbocycles. The van der Waals surface area contributed by atoms with Gasteiger partial charge in [-0.25, -0.2) is 0 Å². The second-order valence-electron chi connectivity index (χ2n) is 4.51. The molecule has 0 aliphatic rings. The normalized spacial score (nSPS) is 10.4. The van der Waals surface area contributed by atoms with Gasteiger partial charge in [0.2, 0.25) is 0 Å². The number of carbonyl (C=O) groups is 1. The predicted molar refractivity (Wildman–Crippen MR) is 76.9 cm³/mol. The second kappa shape index (κ2) is 8.43. The Morgan fingerprint density at radius 3 is 2.55 bits per heavy atom. The highest BCUT2D eigenvalue weighted by Crippen LogP contribution is 2.27. The number of benzene rings is 1. The maximum Gasteiger partial charge on any atom is 0.258 e. The van der Waals surface area contributed by atoms with Gasteiger partial charge in [0, 0.05) is 6.04 Å². The molecule has 0 saturated carbocycles. The molecule has 0 radical (unpaired) electrons. The molecule has 0 heterocycles. The lowest BCUT2D eigenvalue weighted by molar-refractivity contribution is -0.123. The summed E-state index contributed by atoms with van der Waals surface area (Å²) < 4.78 is 10.6. The molecule has 1 aromatic rings. The van der Waals surface area contributed by atoms with E-state index in [1.165, 1.54) is 7.11 Å². The number of rotatable bonds is 8. The van der Waals surface area contributed by atoms with Gasteiger partial charge in [0.1, 0.15) is 0 Å². The van der Waals surface area contributed by atoms with Crippen molar-refractivity contribution in [3.63, 3.8) is 0 Å². The maximum absolute atomic E-state index is 11.8. The second-order valence-corrected chi connectivity index (χ2v) is 4.51. The third-order valence-corrected chi connectivity index (χ3v) is 3.12. The molecule has 5 heteroatoms. The van der Waals surface area contributed by atoms with Gasteiger partial charge in [-0.1, -0.05) is 19.9 Å².